The van der Waals surface area contributed by atoms with Crippen LogP contribution in [0.5, 0.6) is 0 Å². The number of nitrogens with zero attached hydrogens (tertiary/aromatic N) is 2. The summed E-state index contributed by atoms with van der Waals surface area (Å²) in [5.74, 6) is -0.0374. The molecule has 1 amide bonds. The number of amides is 1. The molecule has 0 saturated carbocycles. The molecule has 0 aliphatic carbocycles. The summed E-state index contributed by atoms with van der Waals surface area (Å²) < 4.78 is 0. The number of rotatable bonds is 3. The largest absolute Gasteiger partial charge is 0.361 e. The Kier molecular flexibility index (Phi) is 4.43. The third-order valence-corrected chi connectivity index (χ3v) is 5.69. The second kappa shape index (κ2) is 7.09. The Bertz CT molecular complexity index is 1040. The zero-order valence-corrected chi connectivity index (χ0v) is 16.0. The first-order valence-corrected chi connectivity index (χ1v) is 9.75. The summed E-state index contributed by atoms with van der Waals surface area (Å²) in [4.78, 5) is 24.5. The van der Waals surface area contributed by atoms with Crippen LogP contribution in [0, 0.1) is 0 Å². The van der Waals surface area contributed by atoms with Crippen LogP contribution in [-0.4, -0.2) is 40.2 Å². The maximum atomic E-state index is 12.9. The van der Waals surface area contributed by atoms with Gasteiger partial charge < -0.3 is 4.98 Å². The highest BCUT2D eigenvalue weighted by atomic mass is 35.5. The van der Waals surface area contributed by atoms with E-state index in [2.05, 4.69) is 16.0 Å². The fourth-order valence-electron chi connectivity index (χ4n) is 4.07. The second-order valence-electron chi connectivity index (χ2n) is 7.22. The van der Waals surface area contributed by atoms with E-state index in [9.17, 15) is 4.79 Å². The minimum atomic E-state index is -0.199. The van der Waals surface area contributed by atoms with Crippen molar-refractivity contribution in [2.24, 2.45) is 0 Å². The predicted octanol–water partition coefficient (Wildman–Crippen LogP) is 4.08. The molecule has 3 heterocycles. The Morgan fingerprint density at radius 1 is 1.18 bits per heavy atom. The van der Waals surface area contributed by atoms with Crippen LogP contribution >= 0.6 is 11.6 Å². The van der Waals surface area contributed by atoms with Crippen molar-refractivity contribution in [3.05, 3.63) is 83.0 Å². The van der Waals surface area contributed by atoms with Crippen molar-refractivity contribution in [1.82, 2.24) is 14.9 Å². The third kappa shape index (κ3) is 3.11. The van der Waals surface area contributed by atoms with Crippen molar-refractivity contribution in [2.75, 3.05) is 13.2 Å². The van der Waals surface area contributed by atoms with Crippen molar-refractivity contribution >= 4 is 28.4 Å². The van der Waals surface area contributed by atoms with Crippen LogP contribution in [0.2, 0.25) is 5.02 Å². The third-order valence-electron chi connectivity index (χ3n) is 5.44. The molecule has 3 atom stereocenters. The Morgan fingerprint density at radius 2 is 2.00 bits per heavy atom. The quantitative estimate of drug-likeness (QED) is 0.682. The molecule has 2 aliphatic heterocycles. The van der Waals surface area contributed by atoms with Gasteiger partial charge in [-0.05, 0) is 29.3 Å². The molecule has 1 fully saturated rings. The van der Waals surface area contributed by atoms with Gasteiger partial charge in [0, 0.05) is 28.7 Å². The summed E-state index contributed by atoms with van der Waals surface area (Å²) in [6, 6.07) is 15.9. The van der Waals surface area contributed by atoms with Gasteiger partial charge in [0.25, 0.3) is 5.91 Å². The molecular weight excluding hydrogens is 374 g/mol. The van der Waals surface area contributed by atoms with E-state index < -0.39 is 0 Å². The average Bonchev–Trinajstić information content (AvgIpc) is 3.10. The average molecular weight is 394 g/mol. The lowest BCUT2D eigenvalue weighted by atomic mass is 9.96. The van der Waals surface area contributed by atoms with E-state index in [-0.39, 0.29) is 18.1 Å². The number of para-hydroxylation sites is 1. The van der Waals surface area contributed by atoms with E-state index in [0.29, 0.717) is 18.1 Å². The number of hydroxylamine groups is 2. The van der Waals surface area contributed by atoms with Gasteiger partial charge in [-0.15, -0.1) is 0 Å². The molecule has 2 bridgehead atoms. The van der Waals surface area contributed by atoms with Crippen molar-refractivity contribution in [3.63, 3.8) is 0 Å². The normalized spacial score (nSPS) is 23.9. The zero-order valence-electron chi connectivity index (χ0n) is 15.2. The Morgan fingerprint density at radius 3 is 2.82 bits per heavy atom. The molecule has 1 aromatic heterocycles. The van der Waals surface area contributed by atoms with Gasteiger partial charge in [0.1, 0.15) is 12.8 Å². The first kappa shape index (κ1) is 17.5. The number of hydrogen-bond acceptors (Lipinski definition) is 3. The number of fused-ring (bicyclic) bond motifs is 3. The zero-order chi connectivity index (χ0) is 19.1. The van der Waals surface area contributed by atoms with Crippen LogP contribution in [-0.2, 0) is 16.1 Å². The maximum Gasteiger partial charge on any atom is 0.251 e. The lowest BCUT2D eigenvalue weighted by molar-refractivity contribution is -0.254. The van der Waals surface area contributed by atoms with Crippen molar-refractivity contribution in [1.29, 1.82) is 0 Å². The molecule has 0 spiro atoms. The Labute approximate surface area is 168 Å². The summed E-state index contributed by atoms with van der Waals surface area (Å²) >= 11 is 6.03. The van der Waals surface area contributed by atoms with Crippen LogP contribution in [0.3, 0.4) is 0 Å². The number of aromatic nitrogens is 1. The molecule has 3 aromatic rings. The van der Waals surface area contributed by atoms with Crippen molar-refractivity contribution < 1.29 is 9.63 Å². The van der Waals surface area contributed by atoms with Gasteiger partial charge in [-0.1, -0.05) is 54.1 Å². The number of carbonyl (C=O) groups is 1. The summed E-state index contributed by atoms with van der Waals surface area (Å²) in [5, 5.41) is 3.29. The number of halogens is 1. The number of aromatic amines is 1. The monoisotopic (exact) mass is 393 g/mol. The van der Waals surface area contributed by atoms with E-state index in [0.717, 1.165) is 28.6 Å². The fourth-order valence-corrected chi connectivity index (χ4v) is 4.19. The highest BCUT2D eigenvalue weighted by Gasteiger charge is 2.39. The van der Waals surface area contributed by atoms with Gasteiger partial charge in [0.2, 0.25) is 0 Å². The topological polar surface area (TPSA) is 48.6 Å². The van der Waals surface area contributed by atoms with Gasteiger partial charge in [-0.3, -0.25) is 14.5 Å². The summed E-state index contributed by atoms with van der Waals surface area (Å²) in [6.07, 6.45) is 6.15. The predicted molar refractivity (Wildman–Crippen MR) is 109 cm³/mol. The minimum absolute atomic E-state index is 0.0374. The fraction of sp³-hybridized carbons (Fsp3) is 0.227. The number of nitrogens with one attached hydrogen (secondary N) is 1. The Balaban J connectivity index is 1.35. The van der Waals surface area contributed by atoms with Gasteiger partial charge in [-0.2, -0.15) is 0 Å². The van der Waals surface area contributed by atoms with E-state index in [4.69, 9.17) is 16.4 Å². The molecule has 142 valence electrons. The molecule has 5 rings (SSSR count). The Hall–Kier alpha value is -2.60. The van der Waals surface area contributed by atoms with Crippen LogP contribution in [0.4, 0.5) is 0 Å². The number of benzene rings is 2. The molecule has 28 heavy (non-hydrogen) atoms. The van der Waals surface area contributed by atoms with E-state index >= 15 is 0 Å². The van der Waals surface area contributed by atoms with Gasteiger partial charge in [0.15, 0.2) is 0 Å². The number of carbonyl (C=O) groups excluding carboxylic acids is 1. The van der Waals surface area contributed by atoms with Gasteiger partial charge >= 0.3 is 0 Å². The van der Waals surface area contributed by atoms with Gasteiger partial charge in [-0.25, -0.2) is 5.06 Å². The molecule has 3 unspecified atom stereocenters. The molecule has 0 radical (unpaired) electrons. The van der Waals surface area contributed by atoms with E-state index in [1.54, 1.807) is 0 Å². The first-order chi connectivity index (χ1) is 13.7. The smallest absolute Gasteiger partial charge is 0.251 e. The molecule has 1 N–H and O–H groups in total. The van der Waals surface area contributed by atoms with Crippen LogP contribution in [0.1, 0.15) is 17.2 Å². The van der Waals surface area contributed by atoms with Gasteiger partial charge in [0.05, 0.1) is 12.5 Å². The molecule has 2 aromatic carbocycles. The maximum absolute atomic E-state index is 12.9. The number of H-pyrrole nitrogens is 1. The van der Waals surface area contributed by atoms with E-state index in [1.165, 1.54) is 5.06 Å². The summed E-state index contributed by atoms with van der Waals surface area (Å²) in [5.41, 5.74) is 3.17. The first-order valence-electron chi connectivity index (χ1n) is 9.37. The van der Waals surface area contributed by atoms with Crippen molar-refractivity contribution in [2.45, 2.75) is 18.6 Å². The standard InChI is InChI=1S/C22H20ClN3O2/c23-17-9-7-15(8-10-17)22-20-6-3-11-25(22)14-26(28-20)21(27)12-16-13-24-19-5-2-1-4-18(16)19/h1-10,13,20,22,24H,11-12,14H2. The lowest BCUT2D eigenvalue weighted by Crippen LogP contribution is -2.55. The van der Waals surface area contributed by atoms with Crippen LogP contribution in [0.15, 0.2) is 66.9 Å². The van der Waals surface area contributed by atoms with Crippen molar-refractivity contribution in [3.8, 4) is 0 Å². The molecule has 1 saturated heterocycles. The lowest BCUT2D eigenvalue weighted by Gasteiger charge is -2.46. The second-order valence-corrected chi connectivity index (χ2v) is 7.65. The molecule has 5 nitrogen and oxygen atoms in total. The summed E-state index contributed by atoms with van der Waals surface area (Å²) in [7, 11) is 0. The summed E-state index contributed by atoms with van der Waals surface area (Å²) in [6.45, 7) is 1.22. The highest BCUT2D eigenvalue weighted by Crippen LogP contribution is 2.35. The van der Waals surface area contributed by atoms with Crippen LogP contribution < -0.4 is 0 Å². The highest BCUT2D eigenvalue weighted by molar-refractivity contribution is 6.30. The number of hydrogen-bond donors (Lipinski definition) is 1. The van der Waals surface area contributed by atoms with Crippen LogP contribution in [0.25, 0.3) is 10.9 Å². The minimum Gasteiger partial charge on any atom is -0.361 e. The van der Waals surface area contributed by atoms with E-state index in [1.807, 2.05) is 60.8 Å². The molecular formula is C22H20ClN3O2. The molecule has 6 heteroatoms. The SMILES string of the molecule is O=C(Cc1c[nH]c2ccccc12)N1CN2CC=CC(O1)C2c1ccc(Cl)cc1. The molecule has 2 aliphatic rings.